The van der Waals surface area contributed by atoms with Gasteiger partial charge in [-0.1, -0.05) is 56.2 Å². The van der Waals surface area contributed by atoms with Gasteiger partial charge in [0, 0.05) is 37.0 Å². The van der Waals surface area contributed by atoms with Gasteiger partial charge in [-0.15, -0.1) is 0 Å². The number of anilines is 1. The van der Waals surface area contributed by atoms with E-state index >= 15 is 0 Å². The average Bonchev–Trinajstić information content (AvgIpc) is 3.55. The number of fused-ring (bicyclic) bond motifs is 5. The maximum absolute atomic E-state index is 6.38. The van der Waals surface area contributed by atoms with E-state index in [-0.39, 0.29) is 12.2 Å². The van der Waals surface area contributed by atoms with E-state index in [1.54, 1.807) is 0 Å². The molecule has 0 radical (unpaired) electrons. The minimum absolute atomic E-state index is 0.225. The van der Waals surface area contributed by atoms with E-state index in [2.05, 4.69) is 79.3 Å². The maximum atomic E-state index is 6.38. The maximum Gasteiger partial charge on any atom is 0.231 e. The lowest BCUT2D eigenvalue weighted by atomic mass is 9.74. The SMILES string of the molecule is CCCCCN1CC2(COc3cc4c(cc32)OCO4)c2c(-c3ccc(CN(C)C)cc3)cccc21. The predicted octanol–water partition coefficient (Wildman–Crippen LogP) is 5.83. The van der Waals surface area contributed by atoms with Crippen LogP contribution in [0.15, 0.2) is 54.6 Å². The summed E-state index contributed by atoms with van der Waals surface area (Å²) in [4.78, 5) is 4.79. The molecule has 1 spiro atoms. The summed E-state index contributed by atoms with van der Waals surface area (Å²) >= 11 is 0. The Labute approximate surface area is 208 Å². The van der Waals surface area contributed by atoms with Crippen molar-refractivity contribution in [2.24, 2.45) is 0 Å². The number of hydrogen-bond donors (Lipinski definition) is 0. The fourth-order valence-electron chi connectivity index (χ4n) is 5.98. The first kappa shape index (κ1) is 22.3. The molecule has 0 aliphatic carbocycles. The van der Waals surface area contributed by atoms with E-state index in [0.29, 0.717) is 6.61 Å². The standard InChI is InChI=1S/C30H34N2O3/c1-4-5-6-14-32-18-30(19-33-26-16-28-27(15-24(26)30)34-20-35-28)29-23(8-7-9-25(29)32)22-12-10-21(11-13-22)17-31(2)3/h7-13,15-16H,4-6,14,17-20H2,1-3H3. The number of rotatable bonds is 7. The molecule has 5 nitrogen and oxygen atoms in total. The third kappa shape index (κ3) is 3.73. The highest BCUT2D eigenvalue weighted by Gasteiger charge is 2.51. The van der Waals surface area contributed by atoms with Crippen LogP contribution in [-0.2, 0) is 12.0 Å². The zero-order valence-corrected chi connectivity index (χ0v) is 21.0. The van der Waals surface area contributed by atoms with Crippen LogP contribution >= 0.6 is 0 Å². The van der Waals surface area contributed by atoms with Crippen LogP contribution in [0.5, 0.6) is 17.2 Å². The second kappa shape index (κ2) is 8.80. The Morgan fingerprint density at radius 1 is 0.914 bits per heavy atom. The Hall–Kier alpha value is -3.18. The molecule has 3 aromatic rings. The lowest BCUT2D eigenvalue weighted by Gasteiger charge is -2.26. The molecular formula is C30H34N2O3. The number of hydrogen-bond acceptors (Lipinski definition) is 5. The van der Waals surface area contributed by atoms with Gasteiger partial charge in [0.15, 0.2) is 11.5 Å². The van der Waals surface area contributed by atoms with Gasteiger partial charge in [0.05, 0.1) is 5.41 Å². The van der Waals surface area contributed by atoms with Gasteiger partial charge >= 0.3 is 0 Å². The van der Waals surface area contributed by atoms with Crippen molar-refractivity contribution >= 4 is 5.69 Å². The number of nitrogens with zero attached hydrogens (tertiary/aromatic N) is 2. The summed E-state index contributed by atoms with van der Waals surface area (Å²) < 4.78 is 17.8. The summed E-state index contributed by atoms with van der Waals surface area (Å²) in [6.07, 6.45) is 3.67. The van der Waals surface area contributed by atoms with Crippen LogP contribution in [0.4, 0.5) is 5.69 Å². The Morgan fingerprint density at radius 3 is 2.49 bits per heavy atom. The van der Waals surface area contributed by atoms with E-state index in [0.717, 1.165) is 36.9 Å². The van der Waals surface area contributed by atoms with Crippen molar-refractivity contribution < 1.29 is 14.2 Å². The van der Waals surface area contributed by atoms with Gasteiger partial charge in [-0.2, -0.15) is 0 Å². The van der Waals surface area contributed by atoms with E-state index in [1.165, 1.54) is 52.8 Å². The van der Waals surface area contributed by atoms with Gasteiger partial charge in [0.1, 0.15) is 12.4 Å². The Kier molecular flexibility index (Phi) is 5.60. The van der Waals surface area contributed by atoms with Gasteiger partial charge in [-0.25, -0.2) is 0 Å². The van der Waals surface area contributed by atoms with E-state index in [1.807, 2.05) is 6.07 Å². The summed E-state index contributed by atoms with van der Waals surface area (Å²) in [6, 6.07) is 20.0. The van der Waals surface area contributed by atoms with Crippen LogP contribution in [0, 0.1) is 0 Å². The van der Waals surface area contributed by atoms with Crippen LogP contribution in [-0.4, -0.2) is 45.5 Å². The van der Waals surface area contributed by atoms with Crippen molar-refractivity contribution in [3.8, 4) is 28.4 Å². The summed E-state index contributed by atoms with van der Waals surface area (Å²) in [6.45, 7) is 6.10. The fraction of sp³-hybridized carbons (Fsp3) is 0.400. The monoisotopic (exact) mass is 470 g/mol. The molecule has 35 heavy (non-hydrogen) atoms. The molecule has 0 saturated heterocycles. The molecule has 6 rings (SSSR count). The number of unbranched alkanes of at least 4 members (excludes halogenated alkanes) is 2. The summed E-state index contributed by atoms with van der Waals surface area (Å²) in [5.74, 6) is 2.53. The number of ether oxygens (including phenoxy) is 3. The molecule has 1 unspecified atom stereocenters. The molecular weight excluding hydrogens is 436 g/mol. The van der Waals surface area contributed by atoms with E-state index in [9.17, 15) is 0 Å². The van der Waals surface area contributed by atoms with Crippen molar-refractivity contribution in [1.29, 1.82) is 0 Å². The minimum Gasteiger partial charge on any atom is -0.492 e. The first-order valence-corrected chi connectivity index (χ1v) is 12.8. The molecule has 1 atom stereocenters. The fourth-order valence-corrected chi connectivity index (χ4v) is 5.98. The number of benzene rings is 3. The van der Waals surface area contributed by atoms with Gasteiger partial charge in [0.2, 0.25) is 6.79 Å². The molecule has 0 saturated carbocycles. The molecule has 3 aromatic carbocycles. The first-order chi connectivity index (χ1) is 17.1. The summed E-state index contributed by atoms with van der Waals surface area (Å²) in [7, 11) is 4.22. The molecule has 0 aromatic heterocycles. The normalized spacial score (nSPS) is 19.4. The van der Waals surface area contributed by atoms with E-state index in [4.69, 9.17) is 14.2 Å². The second-order valence-electron chi connectivity index (χ2n) is 10.3. The van der Waals surface area contributed by atoms with Crippen LogP contribution in [0.1, 0.15) is 42.9 Å². The zero-order chi connectivity index (χ0) is 24.0. The van der Waals surface area contributed by atoms with Crippen LogP contribution < -0.4 is 19.1 Å². The Balaban J connectivity index is 1.47. The van der Waals surface area contributed by atoms with Gasteiger partial charge in [0.25, 0.3) is 0 Å². The van der Waals surface area contributed by atoms with Gasteiger partial charge < -0.3 is 24.0 Å². The van der Waals surface area contributed by atoms with Gasteiger partial charge in [-0.3, -0.25) is 0 Å². The minimum atomic E-state index is -0.225. The average molecular weight is 471 g/mol. The molecule has 5 heteroatoms. The third-order valence-electron chi connectivity index (χ3n) is 7.58. The van der Waals surface area contributed by atoms with E-state index < -0.39 is 0 Å². The summed E-state index contributed by atoms with van der Waals surface area (Å²) in [5, 5.41) is 0. The largest absolute Gasteiger partial charge is 0.492 e. The second-order valence-corrected chi connectivity index (χ2v) is 10.3. The highest BCUT2D eigenvalue weighted by molar-refractivity contribution is 5.82. The van der Waals surface area contributed by atoms with Crippen LogP contribution in [0.2, 0.25) is 0 Å². The molecule has 3 aliphatic heterocycles. The van der Waals surface area contributed by atoms with Crippen molar-refractivity contribution in [2.75, 3.05) is 45.5 Å². The Morgan fingerprint density at radius 2 is 1.71 bits per heavy atom. The molecule has 3 aliphatic rings. The predicted molar refractivity (Wildman–Crippen MR) is 140 cm³/mol. The molecule has 0 N–H and O–H groups in total. The third-order valence-corrected chi connectivity index (χ3v) is 7.58. The molecule has 0 bridgehead atoms. The lowest BCUT2D eigenvalue weighted by Crippen LogP contribution is -2.36. The molecule has 3 heterocycles. The summed E-state index contributed by atoms with van der Waals surface area (Å²) in [5.41, 5.74) is 7.59. The van der Waals surface area contributed by atoms with Gasteiger partial charge in [-0.05, 0) is 54.9 Å². The highest BCUT2D eigenvalue weighted by Crippen LogP contribution is 2.56. The van der Waals surface area contributed by atoms with Crippen LogP contribution in [0.25, 0.3) is 11.1 Å². The molecule has 182 valence electrons. The quantitative estimate of drug-likeness (QED) is 0.406. The van der Waals surface area contributed by atoms with Crippen LogP contribution in [0.3, 0.4) is 0 Å². The Bertz CT molecular complexity index is 1240. The molecule has 0 amide bonds. The van der Waals surface area contributed by atoms with Crippen molar-refractivity contribution in [3.63, 3.8) is 0 Å². The smallest absolute Gasteiger partial charge is 0.231 e. The zero-order valence-electron chi connectivity index (χ0n) is 21.0. The first-order valence-electron chi connectivity index (χ1n) is 12.8. The molecule has 0 fully saturated rings. The van der Waals surface area contributed by atoms with Crippen molar-refractivity contribution in [2.45, 2.75) is 38.1 Å². The highest BCUT2D eigenvalue weighted by atomic mass is 16.7. The van der Waals surface area contributed by atoms with Crippen molar-refractivity contribution in [3.05, 3.63) is 71.3 Å². The topological polar surface area (TPSA) is 34.2 Å². The van der Waals surface area contributed by atoms with Crippen molar-refractivity contribution in [1.82, 2.24) is 4.90 Å². The lowest BCUT2D eigenvalue weighted by molar-refractivity contribution is 0.173.